The zero-order valence-corrected chi connectivity index (χ0v) is 16.5. The number of alkyl halides is 3. The lowest BCUT2D eigenvalue weighted by Crippen LogP contribution is -2.48. The van der Waals surface area contributed by atoms with Crippen molar-refractivity contribution in [2.75, 3.05) is 19.0 Å². The smallest absolute Gasteiger partial charge is 0.406 e. The summed E-state index contributed by atoms with van der Waals surface area (Å²) in [7, 11) is 1.77. The zero-order valence-electron chi connectivity index (χ0n) is 16.5. The summed E-state index contributed by atoms with van der Waals surface area (Å²) in [5.41, 5.74) is 4.27. The Hall–Kier alpha value is -3.04. The second-order valence-corrected chi connectivity index (χ2v) is 6.29. The molecule has 158 valence electrons. The maximum Gasteiger partial charge on any atom is 0.573 e. The average molecular weight is 412 g/mol. The van der Waals surface area contributed by atoms with Crippen LogP contribution in [0, 0.1) is 0 Å². The summed E-state index contributed by atoms with van der Waals surface area (Å²) in [6.45, 7) is 4.59. The summed E-state index contributed by atoms with van der Waals surface area (Å²) >= 11 is 0. The van der Waals surface area contributed by atoms with Crippen LogP contribution in [-0.2, 0) is 11.3 Å². The highest BCUT2D eigenvalue weighted by atomic mass is 19.4. The number of nitrogens with one attached hydrogen (secondary N) is 2. The lowest BCUT2D eigenvalue weighted by molar-refractivity contribution is -0.649. The number of carbonyl (C=O) groups excluding carboxylic acids is 1. The van der Waals surface area contributed by atoms with Gasteiger partial charge in [0.25, 0.3) is 0 Å². The van der Waals surface area contributed by atoms with E-state index in [2.05, 4.69) is 20.5 Å². The van der Waals surface area contributed by atoms with E-state index >= 15 is 0 Å². The minimum absolute atomic E-state index is 0.181. The largest absolute Gasteiger partial charge is 0.573 e. The molecule has 1 heterocycles. The molecule has 0 aliphatic rings. The Balaban J connectivity index is 2.06. The molecular formula is C19H25F3N5O2+. The zero-order chi connectivity index (χ0) is 21.4. The fourth-order valence-electron chi connectivity index (χ4n) is 2.54. The highest BCUT2D eigenvalue weighted by molar-refractivity contribution is 5.79. The summed E-state index contributed by atoms with van der Waals surface area (Å²) in [6, 6.07) is 4.84. The Morgan fingerprint density at radius 1 is 1.31 bits per heavy atom. The van der Waals surface area contributed by atoms with Crippen LogP contribution in [0.2, 0.25) is 0 Å². The molecular weight excluding hydrogens is 387 g/mol. The van der Waals surface area contributed by atoms with Crippen LogP contribution in [0.5, 0.6) is 5.75 Å². The van der Waals surface area contributed by atoms with Gasteiger partial charge >= 0.3 is 6.36 Å². The fourth-order valence-corrected chi connectivity index (χ4v) is 2.54. The number of benzene rings is 1. The van der Waals surface area contributed by atoms with Crippen LogP contribution in [0.15, 0.2) is 47.8 Å². The lowest BCUT2D eigenvalue weighted by atomic mass is 10.2. The molecule has 2 N–H and O–H groups in total. The first kappa shape index (κ1) is 22.3. The van der Waals surface area contributed by atoms with E-state index in [1.54, 1.807) is 41.8 Å². The van der Waals surface area contributed by atoms with Gasteiger partial charge in [-0.05, 0) is 31.0 Å². The second kappa shape index (κ2) is 9.94. The summed E-state index contributed by atoms with van der Waals surface area (Å²) in [5.74, 6) is -0.540. The molecule has 0 spiro atoms. The van der Waals surface area contributed by atoms with Crippen molar-refractivity contribution in [2.45, 2.75) is 39.2 Å². The predicted molar refractivity (Wildman–Crippen MR) is 100 cm³/mol. The first-order chi connectivity index (χ1) is 13.7. The molecule has 2 aromatic rings. The van der Waals surface area contributed by atoms with E-state index in [0.29, 0.717) is 17.6 Å². The number of nitrogens with zero attached hydrogens (tertiary/aromatic N) is 3. The molecule has 0 saturated heterocycles. The van der Waals surface area contributed by atoms with Crippen molar-refractivity contribution < 1.29 is 27.4 Å². The van der Waals surface area contributed by atoms with Crippen LogP contribution in [0.4, 0.5) is 13.2 Å². The first-order valence-electron chi connectivity index (χ1n) is 9.17. The van der Waals surface area contributed by atoms with Crippen LogP contribution >= 0.6 is 0 Å². The average Bonchev–Trinajstić information content (AvgIpc) is 2.69. The molecule has 29 heavy (non-hydrogen) atoms. The SMILES string of the molecule is CCCN=c1c[n+](NC)ccn1C(C)C(=O)NCc1ccc(OC(F)(F)F)cc1. The van der Waals surface area contributed by atoms with E-state index in [4.69, 9.17) is 0 Å². The molecule has 1 amide bonds. The summed E-state index contributed by atoms with van der Waals surface area (Å²) in [5, 5.41) is 2.79. The molecule has 10 heteroatoms. The fraction of sp³-hybridized carbons (Fsp3) is 0.421. The van der Waals surface area contributed by atoms with Gasteiger partial charge in [-0.25, -0.2) is 0 Å². The van der Waals surface area contributed by atoms with Crippen LogP contribution in [-0.4, -0.2) is 30.4 Å². The molecule has 0 aliphatic heterocycles. The Kier molecular flexibility index (Phi) is 7.63. The van der Waals surface area contributed by atoms with Crippen LogP contribution in [0.3, 0.4) is 0 Å². The van der Waals surface area contributed by atoms with Gasteiger partial charge in [0.1, 0.15) is 11.8 Å². The van der Waals surface area contributed by atoms with E-state index in [1.807, 2.05) is 6.92 Å². The number of rotatable bonds is 8. The highest BCUT2D eigenvalue weighted by Crippen LogP contribution is 2.22. The van der Waals surface area contributed by atoms with Crippen molar-refractivity contribution >= 4 is 5.91 Å². The van der Waals surface area contributed by atoms with Gasteiger partial charge in [0, 0.05) is 13.1 Å². The molecule has 1 unspecified atom stereocenters. The van der Waals surface area contributed by atoms with Gasteiger partial charge in [0.2, 0.25) is 18.3 Å². The Morgan fingerprint density at radius 3 is 2.59 bits per heavy atom. The monoisotopic (exact) mass is 412 g/mol. The number of aromatic nitrogens is 2. The number of hydrogen-bond donors (Lipinski definition) is 2. The molecule has 0 radical (unpaired) electrons. The maximum absolute atomic E-state index is 12.6. The third-order valence-electron chi connectivity index (χ3n) is 4.08. The maximum atomic E-state index is 12.6. The number of ether oxygens (including phenoxy) is 1. The van der Waals surface area contributed by atoms with Gasteiger partial charge in [-0.1, -0.05) is 23.7 Å². The van der Waals surface area contributed by atoms with Crippen molar-refractivity contribution in [1.82, 2.24) is 9.88 Å². The van der Waals surface area contributed by atoms with Gasteiger partial charge < -0.3 is 14.6 Å². The standard InChI is InChI=1S/C19H24F3N5O2/c1-4-9-24-17-13-26(23-3)10-11-27(17)14(2)18(28)25-12-15-5-7-16(8-6-15)29-19(20,21)22/h5-8,10-11,13-14H,4,9,12H2,1-3H3,(H-,23,24,25,28)/p+1. The Labute approximate surface area is 166 Å². The number of amides is 1. The number of carbonyl (C=O) groups is 1. The van der Waals surface area contributed by atoms with Crippen LogP contribution in [0.1, 0.15) is 31.9 Å². The van der Waals surface area contributed by atoms with E-state index < -0.39 is 12.4 Å². The molecule has 0 saturated carbocycles. The predicted octanol–water partition coefficient (Wildman–Crippen LogP) is 2.04. The van der Waals surface area contributed by atoms with Crippen molar-refractivity contribution in [2.24, 2.45) is 4.99 Å². The highest BCUT2D eigenvalue weighted by Gasteiger charge is 2.30. The van der Waals surface area contributed by atoms with E-state index in [1.165, 1.54) is 24.3 Å². The van der Waals surface area contributed by atoms with Gasteiger partial charge in [-0.2, -0.15) is 5.43 Å². The molecule has 1 aromatic carbocycles. The van der Waals surface area contributed by atoms with Gasteiger partial charge in [-0.15, -0.1) is 13.2 Å². The van der Waals surface area contributed by atoms with E-state index in [9.17, 15) is 18.0 Å². The summed E-state index contributed by atoms with van der Waals surface area (Å²) < 4.78 is 44.0. The molecule has 0 aliphatic carbocycles. The molecule has 1 atom stereocenters. The first-order valence-corrected chi connectivity index (χ1v) is 9.17. The third kappa shape index (κ3) is 6.81. The van der Waals surface area contributed by atoms with E-state index in [-0.39, 0.29) is 18.2 Å². The number of hydrogen-bond acceptors (Lipinski definition) is 4. The van der Waals surface area contributed by atoms with Crippen molar-refractivity contribution in [3.63, 3.8) is 0 Å². The van der Waals surface area contributed by atoms with Crippen molar-refractivity contribution in [1.29, 1.82) is 0 Å². The minimum Gasteiger partial charge on any atom is -0.406 e. The molecule has 1 aromatic heterocycles. The van der Waals surface area contributed by atoms with Crippen LogP contribution in [0.25, 0.3) is 0 Å². The van der Waals surface area contributed by atoms with Crippen molar-refractivity contribution in [3.05, 3.63) is 53.9 Å². The third-order valence-corrected chi connectivity index (χ3v) is 4.08. The van der Waals surface area contributed by atoms with Gasteiger partial charge in [-0.3, -0.25) is 9.79 Å². The quantitative estimate of drug-likeness (QED) is 0.652. The van der Waals surface area contributed by atoms with Crippen LogP contribution < -0.4 is 25.6 Å². The minimum atomic E-state index is -4.73. The van der Waals surface area contributed by atoms with Gasteiger partial charge in [0.15, 0.2) is 5.49 Å². The van der Waals surface area contributed by atoms with Crippen molar-refractivity contribution in [3.8, 4) is 5.75 Å². The molecule has 0 fully saturated rings. The van der Waals surface area contributed by atoms with E-state index in [0.717, 1.165) is 6.42 Å². The second-order valence-electron chi connectivity index (χ2n) is 6.29. The molecule has 0 bridgehead atoms. The lowest BCUT2D eigenvalue weighted by Gasteiger charge is -2.16. The normalized spacial score (nSPS) is 13.1. The topological polar surface area (TPSA) is 71.5 Å². The Morgan fingerprint density at radius 2 is 2.00 bits per heavy atom. The Bertz CT molecular complexity index is 879. The number of halogens is 3. The van der Waals surface area contributed by atoms with Gasteiger partial charge in [0.05, 0.1) is 13.2 Å². The summed E-state index contributed by atoms with van der Waals surface area (Å²) in [6.07, 6.45) is 1.47. The summed E-state index contributed by atoms with van der Waals surface area (Å²) in [4.78, 5) is 17.1. The molecule has 7 nitrogen and oxygen atoms in total. The molecule has 2 rings (SSSR count).